The number of hydrogen-bond donors (Lipinski definition) is 0. The van der Waals surface area contributed by atoms with Crippen molar-refractivity contribution in [3.8, 4) is 0 Å². The van der Waals surface area contributed by atoms with Crippen LogP contribution in [0.4, 0.5) is 0 Å². The first-order chi connectivity index (χ1) is 11.5. The van der Waals surface area contributed by atoms with E-state index in [-0.39, 0.29) is 17.2 Å². The van der Waals surface area contributed by atoms with Gasteiger partial charge < -0.3 is 9.32 Å². The Morgan fingerprint density at radius 2 is 2.21 bits per heavy atom. The van der Waals surface area contributed by atoms with Crippen LogP contribution in [0.15, 0.2) is 37.9 Å². The van der Waals surface area contributed by atoms with Crippen molar-refractivity contribution in [3.63, 3.8) is 0 Å². The molecular formula is C16H17N3O3S2. The molecule has 24 heavy (non-hydrogen) atoms. The van der Waals surface area contributed by atoms with E-state index in [0.29, 0.717) is 21.9 Å². The number of aromatic nitrogens is 2. The Kier molecular flexibility index (Phi) is 4.77. The van der Waals surface area contributed by atoms with Crippen LogP contribution in [0.1, 0.15) is 11.5 Å². The number of carbonyl (C=O) groups excluding carboxylic acids is 1. The zero-order valence-corrected chi connectivity index (χ0v) is 15.2. The number of rotatable bonds is 5. The zero-order valence-electron chi connectivity index (χ0n) is 13.6. The van der Waals surface area contributed by atoms with E-state index in [4.69, 9.17) is 4.42 Å². The summed E-state index contributed by atoms with van der Waals surface area (Å²) in [6, 6.07) is 5.55. The van der Waals surface area contributed by atoms with Gasteiger partial charge in [-0.15, -0.1) is 11.3 Å². The van der Waals surface area contributed by atoms with E-state index in [2.05, 4.69) is 4.98 Å². The number of fused-ring (bicyclic) bond motifs is 1. The highest BCUT2D eigenvalue weighted by Gasteiger charge is 2.15. The highest BCUT2D eigenvalue weighted by atomic mass is 32.2. The van der Waals surface area contributed by atoms with E-state index in [1.54, 1.807) is 19.0 Å². The second kappa shape index (κ2) is 6.82. The van der Waals surface area contributed by atoms with Gasteiger partial charge in [0.05, 0.1) is 17.8 Å². The number of furan rings is 1. The van der Waals surface area contributed by atoms with Crippen molar-refractivity contribution < 1.29 is 9.21 Å². The lowest BCUT2D eigenvalue weighted by atomic mass is 10.4. The first-order valence-corrected chi connectivity index (χ1v) is 9.18. The molecule has 0 atom stereocenters. The largest absolute Gasteiger partial charge is 0.464 e. The summed E-state index contributed by atoms with van der Waals surface area (Å²) in [4.78, 5) is 30.6. The van der Waals surface area contributed by atoms with Gasteiger partial charge in [-0.3, -0.25) is 14.2 Å². The summed E-state index contributed by atoms with van der Waals surface area (Å²) in [5.41, 5.74) is 0.599. The molecule has 0 aliphatic carbocycles. The third kappa shape index (κ3) is 3.39. The number of nitrogens with zero attached hydrogens (tertiary/aromatic N) is 3. The quantitative estimate of drug-likeness (QED) is 0.515. The van der Waals surface area contributed by atoms with Gasteiger partial charge in [0.15, 0.2) is 5.16 Å². The summed E-state index contributed by atoms with van der Waals surface area (Å²) in [5.74, 6) is 1.74. The van der Waals surface area contributed by atoms with Crippen molar-refractivity contribution in [2.24, 2.45) is 7.05 Å². The van der Waals surface area contributed by atoms with E-state index in [0.717, 1.165) is 11.5 Å². The van der Waals surface area contributed by atoms with Gasteiger partial charge in [0.1, 0.15) is 16.2 Å². The molecule has 3 heterocycles. The third-order valence-electron chi connectivity index (χ3n) is 3.59. The van der Waals surface area contributed by atoms with Crippen molar-refractivity contribution in [2.45, 2.75) is 18.6 Å². The summed E-state index contributed by atoms with van der Waals surface area (Å²) in [6.45, 7) is 2.29. The molecule has 0 aliphatic rings. The Hall–Kier alpha value is -2.06. The average Bonchev–Trinajstić information content (AvgIpc) is 3.18. The molecule has 126 valence electrons. The summed E-state index contributed by atoms with van der Waals surface area (Å²) in [5, 5.41) is 2.39. The van der Waals surface area contributed by atoms with Crippen LogP contribution in [0, 0.1) is 6.92 Å². The first kappa shape index (κ1) is 16.8. The minimum absolute atomic E-state index is 0.0475. The van der Waals surface area contributed by atoms with Crippen LogP contribution in [0.5, 0.6) is 0 Å². The lowest BCUT2D eigenvalue weighted by Crippen LogP contribution is -2.28. The highest BCUT2D eigenvalue weighted by molar-refractivity contribution is 7.99. The molecule has 0 saturated carbocycles. The predicted molar refractivity (Wildman–Crippen MR) is 95.5 cm³/mol. The molecular weight excluding hydrogens is 346 g/mol. The SMILES string of the molecule is Cc1ccc(CN(C)C(=O)CSc2nc3ccsc3c(=O)n2C)o1. The Balaban J connectivity index is 1.67. The molecule has 3 aromatic rings. The van der Waals surface area contributed by atoms with E-state index in [1.807, 2.05) is 30.5 Å². The molecule has 3 aromatic heterocycles. The Labute approximate surface area is 147 Å². The second-order valence-electron chi connectivity index (χ2n) is 5.44. The molecule has 0 unspecified atom stereocenters. The summed E-state index contributed by atoms with van der Waals surface area (Å²) in [6.07, 6.45) is 0. The van der Waals surface area contributed by atoms with E-state index in [1.165, 1.54) is 27.7 Å². The van der Waals surface area contributed by atoms with E-state index >= 15 is 0 Å². The lowest BCUT2D eigenvalue weighted by Gasteiger charge is -2.15. The molecule has 0 spiro atoms. The normalized spacial score (nSPS) is 11.1. The van der Waals surface area contributed by atoms with Gasteiger partial charge in [0.2, 0.25) is 5.91 Å². The fourth-order valence-electron chi connectivity index (χ4n) is 2.23. The Bertz CT molecular complexity index is 942. The van der Waals surface area contributed by atoms with Crippen molar-refractivity contribution in [1.82, 2.24) is 14.5 Å². The monoisotopic (exact) mass is 363 g/mol. The van der Waals surface area contributed by atoms with E-state index in [9.17, 15) is 9.59 Å². The molecule has 6 nitrogen and oxygen atoms in total. The standard InChI is InChI=1S/C16H17N3O3S2/c1-10-4-5-11(22-10)8-18(2)13(20)9-24-16-17-12-6-7-23-14(12)15(21)19(16)3/h4-7H,8-9H2,1-3H3. The van der Waals surface area contributed by atoms with Crippen LogP contribution in [-0.2, 0) is 18.4 Å². The van der Waals surface area contributed by atoms with Crippen molar-refractivity contribution in [3.05, 3.63) is 45.5 Å². The van der Waals surface area contributed by atoms with Crippen LogP contribution >= 0.6 is 23.1 Å². The van der Waals surface area contributed by atoms with Gasteiger partial charge in [-0.05, 0) is 30.5 Å². The minimum atomic E-state index is -0.0793. The number of amides is 1. The van der Waals surface area contributed by atoms with Gasteiger partial charge >= 0.3 is 0 Å². The van der Waals surface area contributed by atoms with Crippen LogP contribution in [0.25, 0.3) is 10.2 Å². The molecule has 0 fully saturated rings. The number of thioether (sulfide) groups is 1. The fraction of sp³-hybridized carbons (Fsp3) is 0.312. The van der Waals surface area contributed by atoms with Gasteiger partial charge in [0.25, 0.3) is 5.56 Å². The maximum absolute atomic E-state index is 12.3. The van der Waals surface area contributed by atoms with Gasteiger partial charge in [-0.25, -0.2) is 4.98 Å². The van der Waals surface area contributed by atoms with E-state index < -0.39 is 0 Å². The molecule has 0 bridgehead atoms. The van der Waals surface area contributed by atoms with Crippen LogP contribution < -0.4 is 5.56 Å². The number of thiophene rings is 1. The van der Waals surface area contributed by atoms with Crippen LogP contribution in [0.2, 0.25) is 0 Å². The van der Waals surface area contributed by atoms with Crippen LogP contribution in [0.3, 0.4) is 0 Å². The van der Waals surface area contributed by atoms with Crippen molar-refractivity contribution in [1.29, 1.82) is 0 Å². The predicted octanol–water partition coefficient (Wildman–Crippen LogP) is 2.65. The summed E-state index contributed by atoms with van der Waals surface area (Å²) in [7, 11) is 3.41. The van der Waals surface area contributed by atoms with Crippen molar-refractivity contribution in [2.75, 3.05) is 12.8 Å². The molecule has 0 aliphatic heterocycles. The smallest absolute Gasteiger partial charge is 0.271 e. The van der Waals surface area contributed by atoms with Gasteiger partial charge in [-0.1, -0.05) is 11.8 Å². The summed E-state index contributed by atoms with van der Waals surface area (Å²) >= 11 is 2.64. The Morgan fingerprint density at radius 3 is 2.92 bits per heavy atom. The first-order valence-electron chi connectivity index (χ1n) is 7.32. The van der Waals surface area contributed by atoms with Gasteiger partial charge in [-0.2, -0.15) is 0 Å². The second-order valence-corrected chi connectivity index (χ2v) is 7.30. The average molecular weight is 363 g/mol. The number of hydrogen-bond acceptors (Lipinski definition) is 6. The maximum atomic E-state index is 12.3. The molecule has 0 radical (unpaired) electrons. The molecule has 3 rings (SSSR count). The van der Waals surface area contributed by atoms with Crippen molar-refractivity contribution >= 4 is 39.2 Å². The third-order valence-corrected chi connectivity index (χ3v) is 5.49. The summed E-state index contributed by atoms with van der Waals surface area (Å²) < 4.78 is 7.61. The topological polar surface area (TPSA) is 68.3 Å². The molecule has 0 aromatic carbocycles. The van der Waals surface area contributed by atoms with Crippen LogP contribution in [-0.4, -0.2) is 33.2 Å². The number of aryl methyl sites for hydroxylation is 1. The lowest BCUT2D eigenvalue weighted by molar-refractivity contribution is -0.127. The minimum Gasteiger partial charge on any atom is -0.464 e. The Morgan fingerprint density at radius 1 is 1.42 bits per heavy atom. The van der Waals surface area contributed by atoms with Gasteiger partial charge in [0, 0.05) is 14.1 Å². The highest BCUT2D eigenvalue weighted by Crippen LogP contribution is 2.20. The molecule has 0 N–H and O–H groups in total. The molecule has 8 heteroatoms. The zero-order chi connectivity index (χ0) is 17.3. The molecule has 0 saturated heterocycles. The fourth-order valence-corrected chi connectivity index (χ4v) is 3.94. The number of carbonyl (C=O) groups is 1. The maximum Gasteiger partial charge on any atom is 0.271 e. The molecule has 1 amide bonds.